The SMILES string of the molecule is CCOc1cccc(NC(=O)[C@H](C)Oc2ccccc2)c1. The second-order valence-electron chi connectivity index (χ2n) is 4.52. The third-order valence-electron chi connectivity index (χ3n) is 2.84. The molecule has 0 aliphatic carbocycles. The second-order valence-corrected chi connectivity index (χ2v) is 4.52. The van der Waals surface area contributed by atoms with E-state index < -0.39 is 6.10 Å². The van der Waals surface area contributed by atoms with Crippen molar-refractivity contribution in [3.05, 3.63) is 54.6 Å². The Labute approximate surface area is 124 Å². The van der Waals surface area contributed by atoms with Crippen LogP contribution in [0.3, 0.4) is 0 Å². The predicted molar refractivity (Wildman–Crippen MR) is 82.8 cm³/mol. The summed E-state index contributed by atoms with van der Waals surface area (Å²) in [7, 11) is 0. The second kappa shape index (κ2) is 7.33. The van der Waals surface area contributed by atoms with Crippen molar-refractivity contribution in [1.29, 1.82) is 0 Å². The summed E-state index contributed by atoms with van der Waals surface area (Å²) in [5, 5.41) is 2.82. The van der Waals surface area contributed by atoms with E-state index in [2.05, 4.69) is 5.32 Å². The Morgan fingerprint density at radius 1 is 1.10 bits per heavy atom. The topological polar surface area (TPSA) is 47.6 Å². The number of amides is 1. The molecule has 2 aromatic carbocycles. The van der Waals surface area contributed by atoms with Crippen molar-refractivity contribution < 1.29 is 14.3 Å². The van der Waals surface area contributed by atoms with Crippen LogP contribution in [0, 0.1) is 0 Å². The van der Waals surface area contributed by atoms with Gasteiger partial charge in [-0.05, 0) is 38.1 Å². The van der Waals surface area contributed by atoms with Gasteiger partial charge in [0.25, 0.3) is 5.91 Å². The minimum Gasteiger partial charge on any atom is -0.494 e. The number of anilines is 1. The summed E-state index contributed by atoms with van der Waals surface area (Å²) in [6, 6.07) is 16.6. The molecule has 1 atom stereocenters. The van der Waals surface area contributed by atoms with Gasteiger partial charge in [0.1, 0.15) is 11.5 Å². The maximum atomic E-state index is 12.1. The Hall–Kier alpha value is -2.49. The molecule has 21 heavy (non-hydrogen) atoms. The zero-order valence-electron chi connectivity index (χ0n) is 12.2. The molecule has 0 unspecified atom stereocenters. The highest BCUT2D eigenvalue weighted by Gasteiger charge is 2.14. The van der Waals surface area contributed by atoms with Gasteiger partial charge in [-0.2, -0.15) is 0 Å². The third kappa shape index (κ3) is 4.53. The Bertz CT molecular complexity index is 584. The molecule has 0 aromatic heterocycles. The summed E-state index contributed by atoms with van der Waals surface area (Å²) in [5.41, 5.74) is 0.689. The fourth-order valence-electron chi connectivity index (χ4n) is 1.83. The Balaban J connectivity index is 1.95. The van der Waals surface area contributed by atoms with Gasteiger partial charge in [0.15, 0.2) is 6.10 Å². The fourth-order valence-corrected chi connectivity index (χ4v) is 1.83. The van der Waals surface area contributed by atoms with Crippen molar-refractivity contribution >= 4 is 11.6 Å². The van der Waals surface area contributed by atoms with E-state index in [4.69, 9.17) is 9.47 Å². The molecule has 4 nitrogen and oxygen atoms in total. The van der Waals surface area contributed by atoms with Gasteiger partial charge in [0.2, 0.25) is 0 Å². The lowest BCUT2D eigenvalue weighted by molar-refractivity contribution is -0.122. The van der Waals surface area contributed by atoms with Crippen molar-refractivity contribution in [3.8, 4) is 11.5 Å². The number of rotatable bonds is 6. The minimum absolute atomic E-state index is 0.201. The number of nitrogens with one attached hydrogen (secondary N) is 1. The third-order valence-corrected chi connectivity index (χ3v) is 2.84. The Kier molecular flexibility index (Phi) is 5.21. The van der Waals surface area contributed by atoms with E-state index in [0.717, 1.165) is 5.75 Å². The van der Waals surface area contributed by atoms with E-state index in [1.54, 1.807) is 13.0 Å². The van der Waals surface area contributed by atoms with Gasteiger partial charge < -0.3 is 14.8 Å². The van der Waals surface area contributed by atoms with Gasteiger partial charge in [-0.25, -0.2) is 0 Å². The smallest absolute Gasteiger partial charge is 0.265 e. The zero-order chi connectivity index (χ0) is 15.1. The van der Waals surface area contributed by atoms with Gasteiger partial charge in [-0.1, -0.05) is 24.3 Å². The maximum Gasteiger partial charge on any atom is 0.265 e. The molecule has 0 saturated heterocycles. The standard InChI is InChI=1S/C17H19NO3/c1-3-20-16-11-7-8-14(12-16)18-17(19)13(2)21-15-9-5-4-6-10-15/h4-13H,3H2,1-2H3,(H,18,19)/t13-/m0/s1. The van der Waals surface area contributed by atoms with E-state index in [0.29, 0.717) is 18.0 Å². The molecule has 0 spiro atoms. The molecule has 0 saturated carbocycles. The summed E-state index contributed by atoms with van der Waals surface area (Å²) in [5.74, 6) is 1.20. The molecule has 1 N–H and O–H groups in total. The van der Waals surface area contributed by atoms with Gasteiger partial charge in [-0.15, -0.1) is 0 Å². The lowest BCUT2D eigenvalue weighted by Gasteiger charge is -2.15. The zero-order valence-corrected chi connectivity index (χ0v) is 12.2. The van der Waals surface area contributed by atoms with Crippen molar-refractivity contribution in [3.63, 3.8) is 0 Å². The molecule has 2 aromatic rings. The number of benzene rings is 2. The number of carbonyl (C=O) groups is 1. The van der Waals surface area contributed by atoms with Gasteiger partial charge in [0.05, 0.1) is 6.61 Å². The van der Waals surface area contributed by atoms with Crippen LogP contribution in [0.2, 0.25) is 0 Å². The van der Waals surface area contributed by atoms with Crippen molar-refractivity contribution in [1.82, 2.24) is 0 Å². The van der Waals surface area contributed by atoms with Crippen LogP contribution < -0.4 is 14.8 Å². The maximum absolute atomic E-state index is 12.1. The summed E-state index contributed by atoms with van der Waals surface area (Å²) in [4.78, 5) is 12.1. The highest BCUT2D eigenvalue weighted by atomic mass is 16.5. The first-order valence-corrected chi connectivity index (χ1v) is 6.94. The molecule has 2 rings (SSSR count). The largest absolute Gasteiger partial charge is 0.494 e. The van der Waals surface area contributed by atoms with E-state index in [1.807, 2.05) is 55.5 Å². The van der Waals surface area contributed by atoms with Crippen LogP contribution in [0.15, 0.2) is 54.6 Å². The van der Waals surface area contributed by atoms with Crippen LogP contribution in [0.5, 0.6) is 11.5 Å². The quantitative estimate of drug-likeness (QED) is 0.883. The molecule has 0 fully saturated rings. The highest BCUT2D eigenvalue weighted by molar-refractivity contribution is 5.94. The van der Waals surface area contributed by atoms with Gasteiger partial charge in [-0.3, -0.25) is 4.79 Å². The van der Waals surface area contributed by atoms with E-state index in [1.165, 1.54) is 0 Å². The molecule has 4 heteroatoms. The van der Waals surface area contributed by atoms with Crippen LogP contribution in [-0.2, 0) is 4.79 Å². The number of ether oxygens (including phenoxy) is 2. The lowest BCUT2D eigenvalue weighted by Crippen LogP contribution is -2.30. The molecule has 110 valence electrons. The molecular formula is C17H19NO3. The summed E-state index contributed by atoms with van der Waals surface area (Å²) in [6.07, 6.45) is -0.580. The van der Waals surface area contributed by atoms with Gasteiger partial charge in [0, 0.05) is 11.8 Å². The van der Waals surface area contributed by atoms with E-state index in [-0.39, 0.29) is 5.91 Å². The number of hydrogen-bond acceptors (Lipinski definition) is 3. The predicted octanol–water partition coefficient (Wildman–Crippen LogP) is 3.49. The van der Waals surface area contributed by atoms with Gasteiger partial charge >= 0.3 is 0 Å². The molecule has 0 radical (unpaired) electrons. The normalized spacial score (nSPS) is 11.5. The first-order chi connectivity index (χ1) is 10.2. The highest BCUT2D eigenvalue weighted by Crippen LogP contribution is 2.18. The Morgan fingerprint density at radius 3 is 2.52 bits per heavy atom. The minimum atomic E-state index is -0.580. The average Bonchev–Trinajstić information content (AvgIpc) is 2.49. The van der Waals surface area contributed by atoms with Crippen molar-refractivity contribution in [2.45, 2.75) is 20.0 Å². The molecule has 0 bridgehead atoms. The number of hydrogen-bond donors (Lipinski definition) is 1. The molecular weight excluding hydrogens is 266 g/mol. The summed E-state index contributed by atoms with van der Waals surface area (Å²) < 4.78 is 11.0. The van der Waals surface area contributed by atoms with Crippen LogP contribution in [-0.4, -0.2) is 18.6 Å². The molecule has 0 heterocycles. The first kappa shape index (κ1) is 14.9. The first-order valence-electron chi connectivity index (χ1n) is 6.94. The van der Waals surface area contributed by atoms with Crippen LogP contribution in [0.4, 0.5) is 5.69 Å². The summed E-state index contributed by atoms with van der Waals surface area (Å²) in [6.45, 7) is 4.22. The monoisotopic (exact) mass is 285 g/mol. The lowest BCUT2D eigenvalue weighted by atomic mass is 10.2. The van der Waals surface area contributed by atoms with E-state index in [9.17, 15) is 4.79 Å². The number of carbonyl (C=O) groups excluding carboxylic acids is 1. The summed E-state index contributed by atoms with van der Waals surface area (Å²) >= 11 is 0. The average molecular weight is 285 g/mol. The van der Waals surface area contributed by atoms with Crippen molar-refractivity contribution in [2.24, 2.45) is 0 Å². The van der Waals surface area contributed by atoms with Crippen LogP contribution >= 0.6 is 0 Å². The van der Waals surface area contributed by atoms with E-state index >= 15 is 0 Å². The molecule has 0 aliphatic heterocycles. The number of para-hydroxylation sites is 1. The fraction of sp³-hybridized carbons (Fsp3) is 0.235. The Morgan fingerprint density at radius 2 is 1.81 bits per heavy atom. The molecule has 0 aliphatic rings. The molecule has 1 amide bonds. The van der Waals surface area contributed by atoms with Crippen LogP contribution in [0.1, 0.15) is 13.8 Å². The van der Waals surface area contributed by atoms with Crippen molar-refractivity contribution in [2.75, 3.05) is 11.9 Å². The van der Waals surface area contributed by atoms with Crippen LogP contribution in [0.25, 0.3) is 0 Å².